The topological polar surface area (TPSA) is 142 Å². The molecule has 2 saturated carbocycles. The number of aliphatic hydroxyl groups excluding tert-OH is 5. The summed E-state index contributed by atoms with van der Waals surface area (Å²) in [5.41, 5.74) is 0. The Kier molecular flexibility index (Phi) is 4.26. The maximum Gasteiger partial charge on any atom is 0.315 e. The molecule has 8 nitrogen and oxygen atoms in total. The molecule has 7 N–H and O–H groups in total. The van der Waals surface area contributed by atoms with Crippen molar-refractivity contribution in [2.24, 2.45) is 0 Å². The number of nitrogens with one attached hydrogen (secondary N) is 2. The number of amides is 2. The number of carbonyl (C=O) groups is 1. The molecule has 0 aromatic carbocycles. The zero-order valence-electron chi connectivity index (χ0n) is 10.3. The van der Waals surface area contributed by atoms with Gasteiger partial charge in [0.2, 0.25) is 0 Å². The van der Waals surface area contributed by atoms with Crippen LogP contribution in [-0.2, 0) is 0 Å². The summed E-state index contributed by atoms with van der Waals surface area (Å²) in [4.78, 5) is 11.6. The maximum absolute atomic E-state index is 11.6. The standard InChI is InChI=1S/C11H20N2O6/c14-6-5(7(15)9(17)10(18)8(6)16)13-11(19)12-4-2-1-3-4/h4-10,14-18H,1-3H2,(H2,12,13,19)/t5?,6-,7+,8+,9-,10?. The van der Waals surface area contributed by atoms with E-state index in [0.717, 1.165) is 19.3 Å². The van der Waals surface area contributed by atoms with Crippen LogP contribution in [-0.4, -0.2) is 74.2 Å². The van der Waals surface area contributed by atoms with Crippen LogP contribution in [0.4, 0.5) is 4.79 Å². The molecule has 2 aliphatic carbocycles. The van der Waals surface area contributed by atoms with Gasteiger partial charge in [-0.25, -0.2) is 4.79 Å². The van der Waals surface area contributed by atoms with Gasteiger partial charge in [-0.2, -0.15) is 0 Å². The fraction of sp³-hybridized carbons (Fsp3) is 0.909. The fourth-order valence-electron chi connectivity index (χ4n) is 2.33. The molecule has 2 fully saturated rings. The van der Waals surface area contributed by atoms with E-state index in [9.17, 15) is 30.3 Å². The molecule has 0 radical (unpaired) electrons. The van der Waals surface area contributed by atoms with Gasteiger partial charge in [-0.3, -0.25) is 0 Å². The summed E-state index contributed by atoms with van der Waals surface area (Å²) in [7, 11) is 0. The van der Waals surface area contributed by atoms with Gasteiger partial charge in [0.25, 0.3) is 0 Å². The van der Waals surface area contributed by atoms with E-state index >= 15 is 0 Å². The highest BCUT2D eigenvalue weighted by molar-refractivity contribution is 5.74. The third kappa shape index (κ3) is 2.82. The fourth-order valence-corrected chi connectivity index (χ4v) is 2.33. The van der Waals surface area contributed by atoms with Crippen LogP contribution in [0.3, 0.4) is 0 Å². The Hall–Kier alpha value is -0.930. The third-order valence-corrected chi connectivity index (χ3v) is 3.87. The number of carbonyl (C=O) groups excluding carboxylic acids is 1. The van der Waals surface area contributed by atoms with Gasteiger partial charge in [-0.15, -0.1) is 0 Å². The normalized spacial score (nSPS) is 43.4. The predicted octanol–water partition coefficient (Wildman–Crippen LogP) is -2.98. The molecule has 0 heterocycles. The number of urea groups is 1. The SMILES string of the molecule is O=C(NC1CCC1)NC1[C@@H](O)[C@H](O)C(O)[C@H](O)[C@H]1O. The largest absolute Gasteiger partial charge is 0.388 e. The second kappa shape index (κ2) is 5.59. The number of aliphatic hydroxyl groups is 5. The van der Waals surface area contributed by atoms with Crippen molar-refractivity contribution >= 4 is 6.03 Å². The van der Waals surface area contributed by atoms with Crippen molar-refractivity contribution < 1.29 is 30.3 Å². The first-order chi connectivity index (χ1) is 8.91. The van der Waals surface area contributed by atoms with E-state index in [-0.39, 0.29) is 6.04 Å². The van der Waals surface area contributed by atoms with Crippen LogP contribution in [0.5, 0.6) is 0 Å². The molecule has 6 atom stereocenters. The van der Waals surface area contributed by atoms with Crippen molar-refractivity contribution in [2.75, 3.05) is 0 Å². The third-order valence-electron chi connectivity index (χ3n) is 3.87. The lowest BCUT2D eigenvalue weighted by Crippen LogP contribution is -2.69. The van der Waals surface area contributed by atoms with Crippen LogP contribution in [0.1, 0.15) is 19.3 Å². The lowest BCUT2D eigenvalue weighted by atomic mass is 9.83. The molecule has 0 bridgehead atoms. The minimum atomic E-state index is -1.65. The highest BCUT2D eigenvalue weighted by Gasteiger charge is 2.48. The quantitative estimate of drug-likeness (QED) is 0.287. The summed E-state index contributed by atoms with van der Waals surface area (Å²) in [6, 6.07) is -1.74. The molecule has 110 valence electrons. The number of rotatable bonds is 2. The van der Waals surface area contributed by atoms with E-state index in [4.69, 9.17) is 0 Å². The van der Waals surface area contributed by atoms with Crippen LogP contribution in [0, 0.1) is 0 Å². The molecule has 0 spiro atoms. The van der Waals surface area contributed by atoms with Crippen molar-refractivity contribution in [2.45, 2.75) is 61.9 Å². The maximum atomic E-state index is 11.6. The summed E-state index contributed by atoms with van der Waals surface area (Å²) in [6.07, 6.45) is -5.22. The average molecular weight is 276 g/mol. The molecule has 2 aliphatic rings. The van der Waals surface area contributed by atoms with E-state index < -0.39 is 42.6 Å². The smallest absolute Gasteiger partial charge is 0.315 e. The molecule has 2 rings (SSSR count). The molecule has 2 amide bonds. The Morgan fingerprint density at radius 3 is 1.68 bits per heavy atom. The van der Waals surface area contributed by atoms with Crippen LogP contribution in [0.2, 0.25) is 0 Å². The minimum Gasteiger partial charge on any atom is -0.388 e. The van der Waals surface area contributed by atoms with Crippen molar-refractivity contribution in [3.8, 4) is 0 Å². The van der Waals surface area contributed by atoms with Gasteiger partial charge in [0.05, 0.1) is 6.04 Å². The van der Waals surface area contributed by atoms with E-state index in [1.807, 2.05) is 0 Å². The first-order valence-corrected chi connectivity index (χ1v) is 6.39. The van der Waals surface area contributed by atoms with Crippen LogP contribution >= 0.6 is 0 Å². The van der Waals surface area contributed by atoms with Gasteiger partial charge >= 0.3 is 6.03 Å². The zero-order valence-corrected chi connectivity index (χ0v) is 10.3. The Bertz CT molecular complexity index is 321. The molecule has 2 unspecified atom stereocenters. The highest BCUT2D eigenvalue weighted by atomic mass is 16.4. The van der Waals surface area contributed by atoms with E-state index in [2.05, 4.69) is 10.6 Å². The van der Waals surface area contributed by atoms with Crippen LogP contribution < -0.4 is 10.6 Å². The van der Waals surface area contributed by atoms with E-state index in [1.54, 1.807) is 0 Å². The monoisotopic (exact) mass is 276 g/mol. The summed E-state index contributed by atoms with van der Waals surface area (Å²) >= 11 is 0. The molecular formula is C11H20N2O6. The second-order valence-electron chi connectivity index (χ2n) is 5.22. The Morgan fingerprint density at radius 2 is 1.26 bits per heavy atom. The Morgan fingerprint density at radius 1 is 0.789 bits per heavy atom. The van der Waals surface area contributed by atoms with E-state index in [1.165, 1.54) is 0 Å². The molecular weight excluding hydrogens is 256 g/mol. The lowest BCUT2D eigenvalue weighted by Gasteiger charge is -2.42. The van der Waals surface area contributed by atoms with E-state index in [0.29, 0.717) is 0 Å². The lowest BCUT2D eigenvalue weighted by molar-refractivity contribution is -0.188. The van der Waals surface area contributed by atoms with Crippen LogP contribution in [0.25, 0.3) is 0 Å². The Labute approximate surface area is 110 Å². The van der Waals surface area contributed by atoms with Gasteiger partial charge in [0.1, 0.15) is 30.5 Å². The first kappa shape index (κ1) is 14.5. The molecule has 19 heavy (non-hydrogen) atoms. The van der Waals surface area contributed by atoms with Gasteiger partial charge in [0, 0.05) is 6.04 Å². The first-order valence-electron chi connectivity index (χ1n) is 6.39. The van der Waals surface area contributed by atoms with Crippen molar-refractivity contribution in [3.63, 3.8) is 0 Å². The van der Waals surface area contributed by atoms with Crippen molar-refractivity contribution in [3.05, 3.63) is 0 Å². The molecule has 0 aliphatic heterocycles. The van der Waals surface area contributed by atoms with Gasteiger partial charge < -0.3 is 36.2 Å². The summed E-state index contributed by atoms with van der Waals surface area (Å²) in [6.45, 7) is 0. The molecule has 0 aromatic heterocycles. The van der Waals surface area contributed by atoms with Gasteiger partial charge in [-0.05, 0) is 19.3 Å². The summed E-state index contributed by atoms with van der Waals surface area (Å²) < 4.78 is 0. The molecule has 8 heteroatoms. The zero-order chi connectivity index (χ0) is 14.2. The highest BCUT2D eigenvalue weighted by Crippen LogP contribution is 2.22. The molecule has 0 saturated heterocycles. The Balaban J connectivity index is 1.94. The number of hydrogen-bond donors (Lipinski definition) is 7. The average Bonchev–Trinajstić information content (AvgIpc) is 2.34. The van der Waals surface area contributed by atoms with Crippen LogP contribution in [0.15, 0.2) is 0 Å². The predicted molar refractivity (Wildman–Crippen MR) is 63.1 cm³/mol. The second-order valence-corrected chi connectivity index (χ2v) is 5.22. The van der Waals surface area contributed by atoms with Gasteiger partial charge in [-0.1, -0.05) is 0 Å². The number of hydrogen-bond acceptors (Lipinski definition) is 6. The summed E-state index contributed by atoms with van der Waals surface area (Å²) in [5.74, 6) is 0. The summed E-state index contributed by atoms with van der Waals surface area (Å²) in [5, 5.41) is 52.8. The van der Waals surface area contributed by atoms with Gasteiger partial charge in [0.15, 0.2) is 0 Å². The minimum absolute atomic E-state index is 0.0818. The molecule has 0 aromatic rings. The van der Waals surface area contributed by atoms with Crippen molar-refractivity contribution in [1.29, 1.82) is 0 Å². The van der Waals surface area contributed by atoms with Crippen molar-refractivity contribution in [1.82, 2.24) is 10.6 Å².